The first-order valence-electron chi connectivity index (χ1n) is 3.24. The maximum Gasteiger partial charge on any atom is 0.149 e. The topological polar surface area (TPSA) is 55.1 Å². The quantitative estimate of drug-likeness (QED) is 0.683. The van der Waals surface area contributed by atoms with Crippen LogP contribution in [0.25, 0.3) is 0 Å². The fraction of sp³-hybridized carbons (Fsp3) is 0.143. The van der Waals surface area contributed by atoms with Gasteiger partial charge in [0.2, 0.25) is 0 Å². The largest absolute Gasteiger partial charge is 0.399 e. The lowest BCUT2D eigenvalue weighted by Crippen LogP contribution is -2.03. The molecule has 0 aliphatic rings. The molecular weight excluding hydrogens is 179 g/mol. The van der Waals surface area contributed by atoms with E-state index in [1.807, 2.05) is 0 Å². The number of rotatable bonds is 2. The Labute approximate surface area is 72.4 Å². The normalized spacial score (nSPS) is 12.5. The molecule has 0 saturated heterocycles. The van der Waals surface area contributed by atoms with Gasteiger partial charge in [0.05, 0.1) is 5.69 Å². The summed E-state index contributed by atoms with van der Waals surface area (Å²) < 4.78 is 26.0. The van der Waals surface area contributed by atoms with Gasteiger partial charge in [-0.2, -0.15) is 0 Å². The van der Waals surface area contributed by atoms with Gasteiger partial charge in [0, 0.05) is 11.9 Å². The van der Waals surface area contributed by atoms with Crippen LogP contribution in [0.2, 0.25) is 0 Å². The number of nitrogen functional groups attached to an aromatic ring is 1. The molecular formula is C7H9FN2OS. The molecule has 0 fully saturated rings. The highest BCUT2D eigenvalue weighted by atomic mass is 32.2. The molecule has 0 spiro atoms. The van der Waals surface area contributed by atoms with E-state index in [9.17, 15) is 8.60 Å². The Morgan fingerprint density at radius 2 is 2.25 bits per heavy atom. The number of anilines is 2. The van der Waals surface area contributed by atoms with E-state index >= 15 is 0 Å². The Morgan fingerprint density at radius 1 is 1.58 bits per heavy atom. The van der Waals surface area contributed by atoms with Gasteiger partial charge in [-0.05, 0) is 18.2 Å². The minimum atomic E-state index is -1.26. The number of halogens is 1. The third-order valence-corrected chi connectivity index (χ3v) is 1.75. The van der Waals surface area contributed by atoms with Crippen molar-refractivity contribution in [1.82, 2.24) is 0 Å². The van der Waals surface area contributed by atoms with Gasteiger partial charge in [-0.3, -0.25) is 0 Å². The summed E-state index contributed by atoms with van der Waals surface area (Å²) in [4.78, 5) is 0. The average Bonchev–Trinajstić information content (AvgIpc) is 1.94. The standard InChI is InChI=1S/C7H9FN2OS/c1-12(11)10-7-3-2-5(9)4-6(7)8/h2-4,10H,9H2,1H3. The number of hydrogen-bond donors (Lipinski definition) is 2. The molecule has 1 aromatic carbocycles. The zero-order valence-corrected chi connectivity index (χ0v) is 7.32. The lowest BCUT2D eigenvalue weighted by atomic mass is 10.3. The van der Waals surface area contributed by atoms with E-state index in [-0.39, 0.29) is 5.69 Å². The SMILES string of the molecule is CS(=O)Nc1ccc(N)cc1F. The lowest BCUT2D eigenvalue weighted by Gasteiger charge is -2.03. The Hall–Kier alpha value is -1.10. The molecule has 1 rings (SSSR count). The van der Waals surface area contributed by atoms with Crippen LogP contribution in [0.1, 0.15) is 0 Å². The fourth-order valence-electron chi connectivity index (χ4n) is 0.769. The third-order valence-electron chi connectivity index (χ3n) is 1.25. The average molecular weight is 188 g/mol. The third kappa shape index (κ3) is 2.20. The second-order valence-corrected chi connectivity index (χ2v) is 3.41. The van der Waals surface area contributed by atoms with Gasteiger partial charge >= 0.3 is 0 Å². The number of nitrogens with two attached hydrogens (primary N) is 1. The number of benzene rings is 1. The second-order valence-electron chi connectivity index (χ2n) is 2.30. The van der Waals surface area contributed by atoms with Gasteiger partial charge in [0.25, 0.3) is 0 Å². The fourth-order valence-corrected chi connectivity index (χ4v) is 1.24. The van der Waals surface area contributed by atoms with Crippen molar-refractivity contribution in [2.75, 3.05) is 16.7 Å². The second kappa shape index (κ2) is 3.53. The molecule has 0 heterocycles. The van der Waals surface area contributed by atoms with Crippen molar-refractivity contribution >= 4 is 22.4 Å². The molecule has 0 aliphatic carbocycles. The Balaban J connectivity index is 2.93. The van der Waals surface area contributed by atoms with Gasteiger partial charge < -0.3 is 10.5 Å². The van der Waals surface area contributed by atoms with Crippen molar-refractivity contribution in [2.24, 2.45) is 0 Å². The van der Waals surface area contributed by atoms with Gasteiger partial charge in [-0.1, -0.05) is 0 Å². The summed E-state index contributed by atoms with van der Waals surface area (Å²) in [6.45, 7) is 0. The van der Waals surface area contributed by atoms with Crippen molar-refractivity contribution in [1.29, 1.82) is 0 Å². The molecule has 0 saturated carbocycles. The van der Waals surface area contributed by atoms with Crippen LogP contribution in [0.4, 0.5) is 15.8 Å². The van der Waals surface area contributed by atoms with E-state index in [0.29, 0.717) is 5.69 Å². The van der Waals surface area contributed by atoms with Gasteiger partial charge in [-0.25, -0.2) is 8.60 Å². The summed E-state index contributed by atoms with van der Waals surface area (Å²) in [5.74, 6) is -0.495. The van der Waals surface area contributed by atoms with E-state index in [4.69, 9.17) is 5.73 Å². The molecule has 0 amide bonds. The van der Waals surface area contributed by atoms with Crippen molar-refractivity contribution in [3.8, 4) is 0 Å². The maximum absolute atomic E-state index is 12.9. The van der Waals surface area contributed by atoms with E-state index in [2.05, 4.69) is 4.72 Å². The first kappa shape index (κ1) is 8.99. The molecule has 1 atom stereocenters. The van der Waals surface area contributed by atoms with Crippen LogP contribution >= 0.6 is 0 Å². The molecule has 3 N–H and O–H groups in total. The summed E-state index contributed by atoms with van der Waals surface area (Å²) in [5, 5.41) is 0. The van der Waals surface area contributed by atoms with Gasteiger partial charge in [0.15, 0.2) is 0 Å². The molecule has 0 radical (unpaired) electrons. The summed E-state index contributed by atoms with van der Waals surface area (Å²) in [5.41, 5.74) is 5.86. The highest BCUT2D eigenvalue weighted by Crippen LogP contribution is 2.16. The minimum absolute atomic E-state index is 0.199. The molecule has 12 heavy (non-hydrogen) atoms. The maximum atomic E-state index is 12.9. The highest BCUT2D eigenvalue weighted by Gasteiger charge is 2.01. The van der Waals surface area contributed by atoms with E-state index < -0.39 is 16.8 Å². The molecule has 66 valence electrons. The lowest BCUT2D eigenvalue weighted by molar-refractivity contribution is 0.632. The van der Waals surface area contributed by atoms with Gasteiger partial charge in [0.1, 0.15) is 16.8 Å². The van der Waals surface area contributed by atoms with Crippen LogP contribution in [0.15, 0.2) is 18.2 Å². The zero-order chi connectivity index (χ0) is 9.14. The molecule has 5 heteroatoms. The molecule has 1 aromatic rings. The smallest absolute Gasteiger partial charge is 0.149 e. The molecule has 0 aliphatic heterocycles. The Kier molecular flexibility index (Phi) is 2.65. The van der Waals surface area contributed by atoms with Crippen molar-refractivity contribution in [2.45, 2.75) is 0 Å². The summed E-state index contributed by atoms with van der Waals surface area (Å²) in [6, 6.07) is 4.17. The van der Waals surface area contributed by atoms with E-state index in [1.54, 1.807) is 0 Å². The van der Waals surface area contributed by atoms with E-state index in [0.717, 1.165) is 0 Å². The first-order valence-corrected chi connectivity index (χ1v) is 4.80. The van der Waals surface area contributed by atoms with Crippen LogP contribution in [0.5, 0.6) is 0 Å². The molecule has 1 unspecified atom stereocenters. The number of hydrogen-bond acceptors (Lipinski definition) is 2. The van der Waals surface area contributed by atoms with Crippen molar-refractivity contribution in [3.63, 3.8) is 0 Å². The van der Waals surface area contributed by atoms with E-state index in [1.165, 1.54) is 24.5 Å². The first-order chi connectivity index (χ1) is 5.59. The summed E-state index contributed by atoms with van der Waals surface area (Å²) >= 11 is 0. The van der Waals surface area contributed by atoms with Crippen LogP contribution in [-0.2, 0) is 11.0 Å². The summed E-state index contributed by atoms with van der Waals surface area (Å²) in [7, 11) is -1.26. The van der Waals surface area contributed by atoms with Crippen molar-refractivity contribution in [3.05, 3.63) is 24.0 Å². The van der Waals surface area contributed by atoms with Crippen LogP contribution in [0.3, 0.4) is 0 Å². The predicted molar refractivity (Wildman–Crippen MR) is 48.5 cm³/mol. The zero-order valence-electron chi connectivity index (χ0n) is 6.50. The summed E-state index contributed by atoms with van der Waals surface area (Å²) in [6.07, 6.45) is 1.43. The predicted octanol–water partition coefficient (Wildman–Crippen LogP) is 1.11. The molecule has 0 bridgehead atoms. The minimum Gasteiger partial charge on any atom is -0.399 e. The highest BCUT2D eigenvalue weighted by molar-refractivity contribution is 7.85. The Morgan fingerprint density at radius 3 is 2.75 bits per heavy atom. The van der Waals surface area contributed by atoms with Crippen molar-refractivity contribution < 1.29 is 8.60 Å². The van der Waals surface area contributed by atoms with Gasteiger partial charge in [-0.15, -0.1) is 0 Å². The van der Waals surface area contributed by atoms with Crippen LogP contribution < -0.4 is 10.5 Å². The van der Waals surface area contributed by atoms with Crippen LogP contribution in [-0.4, -0.2) is 10.5 Å². The number of nitrogens with one attached hydrogen (secondary N) is 1. The molecule has 3 nitrogen and oxygen atoms in total. The Bertz CT molecular complexity index is 316. The monoisotopic (exact) mass is 188 g/mol. The van der Waals surface area contributed by atoms with Crippen LogP contribution in [0, 0.1) is 5.82 Å². The molecule has 0 aromatic heterocycles.